The van der Waals surface area contributed by atoms with Crippen LogP contribution in [0.4, 0.5) is 5.69 Å². The summed E-state index contributed by atoms with van der Waals surface area (Å²) in [5, 5.41) is 20.1. The van der Waals surface area contributed by atoms with Crippen LogP contribution in [0.1, 0.15) is 24.8 Å². The molecule has 0 saturated carbocycles. The van der Waals surface area contributed by atoms with E-state index in [1.54, 1.807) is 0 Å². The topological polar surface area (TPSA) is 86.6 Å². The molecule has 5 heteroatoms. The van der Waals surface area contributed by atoms with Crippen molar-refractivity contribution in [3.63, 3.8) is 0 Å². The average molecular weight is 251 g/mol. The molecular weight excluding hydrogens is 234 g/mol. The molecule has 3 N–H and O–H groups in total. The SMILES string of the molecule is O=C(O)CCCNc1ccc(CCC(=O)O)cc1. The van der Waals surface area contributed by atoms with Crippen molar-refractivity contribution in [2.24, 2.45) is 0 Å². The zero-order valence-electron chi connectivity index (χ0n) is 10.1. The standard InChI is InChI=1S/C13H17NO4/c15-12(16)2-1-9-14-11-6-3-10(4-7-11)5-8-13(17)18/h3-4,6-7,14H,1-2,5,8-9H2,(H,15,16)(H,17,18). The highest BCUT2D eigenvalue weighted by atomic mass is 16.4. The fourth-order valence-electron chi connectivity index (χ4n) is 1.51. The largest absolute Gasteiger partial charge is 0.481 e. The van der Waals surface area contributed by atoms with Gasteiger partial charge in [-0.15, -0.1) is 0 Å². The van der Waals surface area contributed by atoms with Gasteiger partial charge >= 0.3 is 11.9 Å². The van der Waals surface area contributed by atoms with Crippen molar-refractivity contribution < 1.29 is 19.8 Å². The highest BCUT2D eigenvalue weighted by molar-refractivity contribution is 5.67. The molecule has 5 nitrogen and oxygen atoms in total. The minimum atomic E-state index is -0.800. The van der Waals surface area contributed by atoms with Crippen molar-refractivity contribution in [1.29, 1.82) is 0 Å². The summed E-state index contributed by atoms with van der Waals surface area (Å²) < 4.78 is 0. The monoisotopic (exact) mass is 251 g/mol. The number of nitrogens with one attached hydrogen (secondary N) is 1. The number of hydrogen-bond acceptors (Lipinski definition) is 3. The summed E-state index contributed by atoms with van der Waals surface area (Å²) in [6.07, 6.45) is 1.39. The van der Waals surface area contributed by atoms with Gasteiger partial charge in [-0.05, 0) is 30.5 Å². The number of carboxylic acids is 2. The molecule has 0 aliphatic carbocycles. The number of carbonyl (C=O) groups is 2. The molecule has 18 heavy (non-hydrogen) atoms. The molecule has 0 amide bonds. The molecule has 0 aliphatic heterocycles. The van der Waals surface area contributed by atoms with E-state index >= 15 is 0 Å². The molecule has 1 aromatic carbocycles. The average Bonchev–Trinajstić information content (AvgIpc) is 2.33. The van der Waals surface area contributed by atoms with Crippen molar-refractivity contribution in [2.45, 2.75) is 25.7 Å². The number of aryl methyl sites for hydroxylation is 1. The van der Waals surface area contributed by atoms with Gasteiger partial charge < -0.3 is 15.5 Å². The summed E-state index contributed by atoms with van der Waals surface area (Å²) in [6.45, 7) is 0.612. The van der Waals surface area contributed by atoms with Crippen molar-refractivity contribution in [2.75, 3.05) is 11.9 Å². The number of rotatable bonds is 8. The first-order chi connectivity index (χ1) is 8.58. The Kier molecular flexibility index (Phi) is 5.70. The minimum Gasteiger partial charge on any atom is -0.481 e. The van der Waals surface area contributed by atoms with Crippen molar-refractivity contribution in [1.82, 2.24) is 0 Å². The molecule has 0 bridgehead atoms. The molecule has 0 fully saturated rings. The predicted octanol–water partition coefficient (Wildman–Crippen LogP) is 1.98. The van der Waals surface area contributed by atoms with Gasteiger partial charge in [0, 0.05) is 25.1 Å². The van der Waals surface area contributed by atoms with E-state index in [0.29, 0.717) is 19.4 Å². The molecule has 0 atom stereocenters. The second-order valence-corrected chi connectivity index (χ2v) is 4.01. The first kappa shape index (κ1) is 14.0. The Labute approximate surface area is 105 Å². The lowest BCUT2D eigenvalue weighted by Crippen LogP contribution is -2.04. The van der Waals surface area contributed by atoms with Crippen LogP contribution in [0.5, 0.6) is 0 Å². The van der Waals surface area contributed by atoms with Crippen LogP contribution in [0, 0.1) is 0 Å². The summed E-state index contributed by atoms with van der Waals surface area (Å²) in [5.41, 5.74) is 1.90. The normalized spacial score (nSPS) is 10.0. The van der Waals surface area contributed by atoms with E-state index < -0.39 is 11.9 Å². The molecule has 1 aromatic rings. The number of aliphatic carboxylic acids is 2. The van der Waals surface area contributed by atoms with E-state index in [-0.39, 0.29) is 12.8 Å². The van der Waals surface area contributed by atoms with Crippen LogP contribution in [0.3, 0.4) is 0 Å². The fourth-order valence-corrected chi connectivity index (χ4v) is 1.51. The van der Waals surface area contributed by atoms with E-state index in [9.17, 15) is 9.59 Å². The maximum Gasteiger partial charge on any atom is 0.303 e. The third-order valence-electron chi connectivity index (χ3n) is 2.48. The van der Waals surface area contributed by atoms with Gasteiger partial charge in [-0.3, -0.25) is 9.59 Å². The van der Waals surface area contributed by atoms with E-state index in [1.165, 1.54) is 0 Å². The lowest BCUT2D eigenvalue weighted by atomic mass is 10.1. The zero-order chi connectivity index (χ0) is 13.4. The second-order valence-electron chi connectivity index (χ2n) is 4.01. The summed E-state index contributed by atoms with van der Waals surface area (Å²) in [4.78, 5) is 20.7. The second kappa shape index (κ2) is 7.32. The first-order valence-electron chi connectivity index (χ1n) is 5.84. The van der Waals surface area contributed by atoms with Gasteiger partial charge in [0.2, 0.25) is 0 Å². The van der Waals surface area contributed by atoms with Crippen molar-refractivity contribution in [3.8, 4) is 0 Å². The highest BCUT2D eigenvalue weighted by Crippen LogP contribution is 2.11. The molecule has 0 radical (unpaired) electrons. The van der Waals surface area contributed by atoms with E-state index in [0.717, 1.165) is 11.3 Å². The molecule has 1 rings (SSSR count). The molecule has 0 saturated heterocycles. The number of anilines is 1. The third kappa shape index (κ3) is 5.89. The predicted molar refractivity (Wildman–Crippen MR) is 67.8 cm³/mol. The third-order valence-corrected chi connectivity index (χ3v) is 2.48. The Hall–Kier alpha value is -2.04. The maximum atomic E-state index is 10.4. The molecule has 0 heterocycles. The van der Waals surface area contributed by atoms with Gasteiger partial charge in [0.15, 0.2) is 0 Å². The van der Waals surface area contributed by atoms with Gasteiger partial charge in [0.1, 0.15) is 0 Å². The Balaban J connectivity index is 2.31. The van der Waals surface area contributed by atoms with Gasteiger partial charge in [0.05, 0.1) is 0 Å². The lowest BCUT2D eigenvalue weighted by Gasteiger charge is -2.06. The van der Waals surface area contributed by atoms with Crippen LogP contribution in [0.2, 0.25) is 0 Å². The quantitative estimate of drug-likeness (QED) is 0.615. The fraction of sp³-hybridized carbons (Fsp3) is 0.385. The Bertz CT molecular complexity index is 400. The van der Waals surface area contributed by atoms with Gasteiger partial charge in [-0.2, -0.15) is 0 Å². The van der Waals surface area contributed by atoms with Gasteiger partial charge in [-0.1, -0.05) is 12.1 Å². The van der Waals surface area contributed by atoms with Crippen molar-refractivity contribution >= 4 is 17.6 Å². The lowest BCUT2D eigenvalue weighted by molar-refractivity contribution is -0.138. The smallest absolute Gasteiger partial charge is 0.303 e. The summed E-state index contributed by atoms with van der Waals surface area (Å²) in [7, 11) is 0. The molecule has 0 spiro atoms. The van der Waals surface area contributed by atoms with Gasteiger partial charge in [0.25, 0.3) is 0 Å². The molecular formula is C13H17NO4. The van der Waals surface area contributed by atoms with Crippen LogP contribution < -0.4 is 5.32 Å². The summed E-state index contributed by atoms with van der Waals surface area (Å²) in [6, 6.07) is 7.50. The first-order valence-corrected chi connectivity index (χ1v) is 5.84. The minimum absolute atomic E-state index is 0.130. The van der Waals surface area contributed by atoms with Gasteiger partial charge in [-0.25, -0.2) is 0 Å². The van der Waals surface area contributed by atoms with E-state index in [1.807, 2.05) is 24.3 Å². The van der Waals surface area contributed by atoms with Crippen LogP contribution in [-0.4, -0.2) is 28.7 Å². The van der Waals surface area contributed by atoms with Crippen LogP contribution in [0.25, 0.3) is 0 Å². The molecule has 0 aromatic heterocycles. The van der Waals surface area contributed by atoms with Crippen molar-refractivity contribution in [3.05, 3.63) is 29.8 Å². The summed E-state index contributed by atoms with van der Waals surface area (Å²) in [5.74, 6) is -1.59. The van der Waals surface area contributed by atoms with Crippen LogP contribution in [-0.2, 0) is 16.0 Å². The summed E-state index contributed by atoms with van der Waals surface area (Å²) >= 11 is 0. The van der Waals surface area contributed by atoms with E-state index in [4.69, 9.17) is 10.2 Å². The Morgan fingerprint density at radius 3 is 2.17 bits per heavy atom. The van der Waals surface area contributed by atoms with Crippen LogP contribution >= 0.6 is 0 Å². The number of hydrogen-bond donors (Lipinski definition) is 3. The zero-order valence-corrected chi connectivity index (χ0v) is 10.1. The van der Waals surface area contributed by atoms with E-state index in [2.05, 4.69) is 5.32 Å². The maximum absolute atomic E-state index is 10.4. The van der Waals surface area contributed by atoms with Crippen LogP contribution in [0.15, 0.2) is 24.3 Å². The number of carboxylic acid groups (broad SMARTS) is 2. The Morgan fingerprint density at radius 2 is 1.61 bits per heavy atom. The number of benzene rings is 1. The highest BCUT2D eigenvalue weighted by Gasteiger charge is 2.00. The molecule has 0 aliphatic rings. The molecule has 0 unspecified atom stereocenters. The Morgan fingerprint density at radius 1 is 1.00 bits per heavy atom. The molecule has 98 valence electrons.